The molecule has 1 unspecified atom stereocenters. The smallest absolute Gasteiger partial charge is 0.239 e. The standard InChI is InChI=1S/C12H17ClN2O3/c1-17-7-10(14)12(16)15-6-8-5-9(13)3-4-11(8)18-2/h3-5,10H,6-7,14H2,1-2H3,(H,15,16). The zero-order valence-corrected chi connectivity index (χ0v) is 11.2. The summed E-state index contributed by atoms with van der Waals surface area (Å²) in [5, 5.41) is 3.29. The summed E-state index contributed by atoms with van der Waals surface area (Å²) in [6.07, 6.45) is 0. The summed E-state index contributed by atoms with van der Waals surface area (Å²) in [6, 6.07) is 4.53. The Bertz CT molecular complexity index is 412. The van der Waals surface area contributed by atoms with Gasteiger partial charge in [-0.25, -0.2) is 0 Å². The van der Waals surface area contributed by atoms with E-state index < -0.39 is 6.04 Å². The van der Waals surface area contributed by atoms with Crippen molar-refractivity contribution in [3.8, 4) is 5.75 Å². The molecule has 5 nitrogen and oxygen atoms in total. The minimum absolute atomic E-state index is 0.179. The molecule has 0 aliphatic heterocycles. The molecule has 0 aromatic heterocycles. The highest BCUT2D eigenvalue weighted by atomic mass is 35.5. The summed E-state index contributed by atoms with van der Waals surface area (Å²) in [7, 11) is 3.05. The molecule has 1 amide bonds. The average molecular weight is 273 g/mol. The van der Waals surface area contributed by atoms with Gasteiger partial charge in [-0.05, 0) is 18.2 Å². The number of methoxy groups -OCH3 is 2. The van der Waals surface area contributed by atoms with E-state index in [1.807, 2.05) is 0 Å². The van der Waals surface area contributed by atoms with Gasteiger partial charge in [-0.1, -0.05) is 11.6 Å². The topological polar surface area (TPSA) is 73.6 Å². The van der Waals surface area contributed by atoms with Crippen molar-refractivity contribution < 1.29 is 14.3 Å². The van der Waals surface area contributed by atoms with Crippen molar-refractivity contribution in [3.63, 3.8) is 0 Å². The maximum absolute atomic E-state index is 11.6. The number of carbonyl (C=O) groups is 1. The molecular weight excluding hydrogens is 256 g/mol. The molecule has 100 valence electrons. The fourth-order valence-electron chi connectivity index (χ4n) is 1.45. The Morgan fingerprint density at radius 2 is 2.22 bits per heavy atom. The van der Waals surface area contributed by atoms with Crippen LogP contribution in [-0.2, 0) is 16.1 Å². The first-order chi connectivity index (χ1) is 8.58. The SMILES string of the molecule is COCC(N)C(=O)NCc1cc(Cl)ccc1OC. The van der Waals surface area contributed by atoms with Gasteiger partial charge >= 0.3 is 0 Å². The molecule has 0 spiro atoms. The van der Waals surface area contributed by atoms with Gasteiger partial charge in [0.2, 0.25) is 5.91 Å². The normalized spacial score (nSPS) is 12.0. The summed E-state index contributed by atoms with van der Waals surface area (Å²) in [5.41, 5.74) is 6.39. The van der Waals surface area contributed by atoms with Gasteiger partial charge in [0.15, 0.2) is 0 Å². The van der Waals surface area contributed by atoms with Crippen molar-refractivity contribution in [2.75, 3.05) is 20.8 Å². The number of hydrogen-bond acceptors (Lipinski definition) is 4. The van der Waals surface area contributed by atoms with Crippen LogP contribution in [0, 0.1) is 0 Å². The lowest BCUT2D eigenvalue weighted by atomic mass is 10.2. The summed E-state index contributed by atoms with van der Waals surface area (Å²) in [6.45, 7) is 0.485. The predicted octanol–water partition coefficient (Wildman–Crippen LogP) is 0.939. The molecule has 3 N–H and O–H groups in total. The maximum atomic E-state index is 11.6. The number of benzene rings is 1. The molecule has 1 rings (SSSR count). The number of carbonyl (C=O) groups excluding carboxylic acids is 1. The zero-order valence-electron chi connectivity index (χ0n) is 10.4. The number of ether oxygens (including phenoxy) is 2. The molecule has 0 bridgehead atoms. The van der Waals surface area contributed by atoms with E-state index in [0.717, 1.165) is 5.56 Å². The van der Waals surface area contributed by atoms with Gasteiger partial charge < -0.3 is 20.5 Å². The second-order valence-electron chi connectivity index (χ2n) is 3.74. The second kappa shape index (κ2) is 7.20. The van der Waals surface area contributed by atoms with Gasteiger partial charge in [0.25, 0.3) is 0 Å². The summed E-state index contributed by atoms with van der Waals surface area (Å²) in [4.78, 5) is 11.6. The van der Waals surface area contributed by atoms with Crippen molar-refractivity contribution in [1.82, 2.24) is 5.32 Å². The van der Waals surface area contributed by atoms with Crippen molar-refractivity contribution in [1.29, 1.82) is 0 Å². The van der Waals surface area contributed by atoms with Gasteiger partial charge in [0, 0.05) is 24.2 Å². The summed E-state index contributed by atoms with van der Waals surface area (Å²) < 4.78 is 9.98. The summed E-state index contributed by atoms with van der Waals surface area (Å²) in [5.74, 6) is 0.388. The Labute approximate surface area is 111 Å². The van der Waals surface area contributed by atoms with E-state index in [9.17, 15) is 4.79 Å². The Hall–Kier alpha value is -1.30. The summed E-state index contributed by atoms with van der Waals surface area (Å²) >= 11 is 5.89. The minimum Gasteiger partial charge on any atom is -0.496 e. The van der Waals surface area contributed by atoms with Crippen LogP contribution in [-0.4, -0.2) is 32.8 Å². The molecule has 0 radical (unpaired) electrons. The highest BCUT2D eigenvalue weighted by molar-refractivity contribution is 6.30. The Morgan fingerprint density at radius 1 is 1.50 bits per heavy atom. The van der Waals surface area contributed by atoms with Crippen LogP contribution in [0.2, 0.25) is 5.02 Å². The fraction of sp³-hybridized carbons (Fsp3) is 0.417. The molecular formula is C12H17ClN2O3. The minimum atomic E-state index is -0.680. The van der Waals surface area contributed by atoms with Crippen LogP contribution in [0.4, 0.5) is 0 Å². The van der Waals surface area contributed by atoms with Gasteiger partial charge in [-0.2, -0.15) is 0 Å². The third-order valence-corrected chi connectivity index (χ3v) is 2.61. The molecule has 0 heterocycles. The lowest BCUT2D eigenvalue weighted by Gasteiger charge is -2.13. The Balaban J connectivity index is 2.62. The van der Waals surface area contributed by atoms with Crippen LogP contribution in [0.15, 0.2) is 18.2 Å². The molecule has 0 aliphatic rings. The molecule has 18 heavy (non-hydrogen) atoms. The first-order valence-electron chi connectivity index (χ1n) is 5.43. The molecule has 0 aliphatic carbocycles. The Kier molecular flexibility index (Phi) is 5.91. The van der Waals surface area contributed by atoms with Gasteiger partial charge in [-0.3, -0.25) is 4.79 Å². The van der Waals surface area contributed by atoms with Gasteiger partial charge in [0.1, 0.15) is 11.8 Å². The monoisotopic (exact) mass is 272 g/mol. The highest BCUT2D eigenvalue weighted by Crippen LogP contribution is 2.22. The van der Waals surface area contributed by atoms with E-state index in [0.29, 0.717) is 17.3 Å². The lowest BCUT2D eigenvalue weighted by Crippen LogP contribution is -2.43. The van der Waals surface area contributed by atoms with E-state index in [2.05, 4.69) is 5.32 Å². The van der Waals surface area contributed by atoms with E-state index in [-0.39, 0.29) is 12.5 Å². The van der Waals surface area contributed by atoms with Gasteiger partial charge in [-0.15, -0.1) is 0 Å². The van der Waals surface area contributed by atoms with E-state index >= 15 is 0 Å². The molecule has 0 saturated carbocycles. The van der Waals surface area contributed by atoms with E-state index in [4.69, 9.17) is 26.8 Å². The van der Waals surface area contributed by atoms with Crippen LogP contribution in [0.3, 0.4) is 0 Å². The average Bonchev–Trinajstić information content (AvgIpc) is 2.36. The van der Waals surface area contributed by atoms with Crippen molar-refractivity contribution >= 4 is 17.5 Å². The van der Waals surface area contributed by atoms with Crippen LogP contribution < -0.4 is 15.8 Å². The third kappa shape index (κ3) is 4.18. The maximum Gasteiger partial charge on any atom is 0.239 e. The van der Waals surface area contributed by atoms with Crippen LogP contribution in [0.25, 0.3) is 0 Å². The van der Waals surface area contributed by atoms with Crippen molar-refractivity contribution in [2.24, 2.45) is 5.73 Å². The number of amides is 1. The van der Waals surface area contributed by atoms with E-state index in [1.54, 1.807) is 25.3 Å². The van der Waals surface area contributed by atoms with Gasteiger partial charge in [0.05, 0.1) is 13.7 Å². The second-order valence-corrected chi connectivity index (χ2v) is 4.17. The number of nitrogens with two attached hydrogens (primary N) is 1. The van der Waals surface area contributed by atoms with Crippen molar-refractivity contribution in [2.45, 2.75) is 12.6 Å². The molecule has 1 atom stereocenters. The largest absolute Gasteiger partial charge is 0.496 e. The highest BCUT2D eigenvalue weighted by Gasteiger charge is 2.13. The first kappa shape index (κ1) is 14.8. The molecule has 0 saturated heterocycles. The number of hydrogen-bond donors (Lipinski definition) is 2. The zero-order chi connectivity index (χ0) is 13.5. The number of nitrogens with one attached hydrogen (secondary N) is 1. The third-order valence-electron chi connectivity index (χ3n) is 2.38. The molecule has 1 aromatic carbocycles. The number of rotatable bonds is 6. The van der Waals surface area contributed by atoms with Crippen LogP contribution >= 0.6 is 11.6 Å². The Morgan fingerprint density at radius 3 is 2.83 bits per heavy atom. The molecule has 1 aromatic rings. The lowest BCUT2D eigenvalue weighted by molar-refractivity contribution is -0.123. The fourth-order valence-corrected chi connectivity index (χ4v) is 1.65. The van der Waals surface area contributed by atoms with Crippen LogP contribution in [0.1, 0.15) is 5.56 Å². The van der Waals surface area contributed by atoms with Crippen molar-refractivity contribution in [3.05, 3.63) is 28.8 Å². The van der Waals surface area contributed by atoms with Crippen LogP contribution in [0.5, 0.6) is 5.75 Å². The first-order valence-corrected chi connectivity index (χ1v) is 5.81. The van der Waals surface area contributed by atoms with E-state index in [1.165, 1.54) is 7.11 Å². The molecule has 0 fully saturated rings. The number of halogens is 1. The quantitative estimate of drug-likeness (QED) is 0.808. The molecule has 6 heteroatoms. The predicted molar refractivity (Wildman–Crippen MR) is 69.7 cm³/mol.